The topological polar surface area (TPSA) is 24.5 Å². The first-order valence-electron chi connectivity index (χ1n) is 8.27. The Labute approximate surface area is 119 Å². The van der Waals surface area contributed by atoms with E-state index in [1.807, 2.05) is 0 Å². The van der Waals surface area contributed by atoms with Crippen LogP contribution in [0.5, 0.6) is 0 Å². The van der Waals surface area contributed by atoms with Crippen molar-refractivity contribution in [1.29, 1.82) is 0 Å². The highest BCUT2D eigenvalue weighted by Crippen LogP contribution is 2.27. The smallest absolute Gasteiger partial charge is 0.0469 e. The molecule has 2 aliphatic heterocycles. The van der Waals surface area contributed by atoms with Crippen molar-refractivity contribution in [3.05, 3.63) is 0 Å². The maximum atomic E-state index is 5.51. The van der Waals surface area contributed by atoms with Gasteiger partial charge in [0.2, 0.25) is 0 Å². The molecule has 0 aliphatic carbocycles. The van der Waals surface area contributed by atoms with Crippen molar-refractivity contribution in [3.63, 3.8) is 0 Å². The van der Waals surface area contributed by atoms with Gasteiger partial charge in [-0.15, -0.1) is 0 Å². The van der Waals surface area contributed by atoms with Crippen LogP contribution in [-0.2, 0) is 4.74 Å². The van der Waals surface area contributed by atoms with Crippen LogP contribution in [0, 0.1) is 5.92 Å². The molecule has 0 aromatic rings. The molecule has 0 spiro atoms. The Bertz CT molecular complexity index is 259. The van der Waals surface area contributed by atoms with E-state index in [4.69, 9.17) is 4.74 Å². The zero-order chi connectivity index (χ0) is 13.7. The minimum atomic E-state index is 0.343. The third-order valence-corrected chi connectivity index (χ3v) is 5.51. The second kappa shape index (κ2) is 7.05. The summed E-state index contributed by atoms with van der Waals surface area (Å²) < 4.78 is 5.51. The van der Waals surface area contributed by atoms with Crippen molar-refractivity contribution in [3.8, 4) is 0 Å². The summed E-state index contributed by atoms with van der Waals surface area (Å²) in [6, 6.07) is 0.710. The molecule has 2 aliphatic rings. The molecule has 0 aromatic carbocycles. The predicted molar refractivity (Wildman–Crippen MR) is 80.5 cm³/mol. The molecule has 0 bridgehead atoms. The molecule has 2 saturated heterocycles. The van der Waals surface area contributed by atoms with Crippen molar-refractivity contribution in [2.45, 2.75) is 64.5 Å². The lowest BCUT2D eigenvalue weighted by atomic mass is 9.88. The minimum absolute atomic E-state index is 0.343. The number of hydrogen-bond acceptors (Lipinski definition) is 3. The van der Waals surface area contributed by atoms with Gasteiger partial charge in [-0.05, 0) is 58.0 Å². The van der Waals surface area contributed by atoms with E-state index in [9.17, 15) is 0 Å². The molecule has 2 fully saturated rings. The third kappa shape index (κ3) is 3.71. The van der Waals surface area contributed by atoms with Gasteiger partial charge in [-0.2, -0.15) is 0 Å². The van der Waals surface area contributed by atoms with Gasteiger partial charge in [0.1, 0.15) is 0 Å². The maximum Gasteiger partial charge on any atom is 0.0469 e. The van der Waals surface area contributed by atoms with E-state index in [1.165, 1.54) is 51.7 Å². The Morgan fingerprint density at radius 3 is 2.58 bits per heavy atom. The maximum absolute atomic E-state index is 5.51. The molecular formula is C16H32N2O. The van der Waals surface area contributed by atoms with Crippen LogP contribution in [0.1, 0.15) is 52.9 Å². The first kappa shape index (κ1) is 15.3. The van der Waals surface area contributed by atoms with Crippen molar-refractivity contribution in [2.24, 2.45) is 5.92 Å². The molecule has 1 N–H and O–H groups in total. The average molecular weight is 268 g/mol. The summed E-state index contributed by atoms with van der Waals surface area (Å²) in [6.07, 6.45) is 6.25. The van der Waals surface area contributed by atoms with Gasteiger partial charge in [0.05, 0.1) is 0 Å². The number of rotatable bonds is 4. The van der Waals surface area contributed by atoms with Crippen LogP contribution in [0.15, 0.2) is 0 Å². The van der Waals surface area contributed by atoms with E-state index in [1.54, 1.807) is 0 Å². The normalized spacial score (nSPS) is 27.9. The van der Waals surface area contributed by atoms with Gasteiger partial charge in [-0.1, -0.05) is 13.8 Å². The van der Waals surface area contributed by atoms with Gasteiger partial charge in [0.25, 0.3) is 0 Å². The summed E-state index contributed by atoms with van der Waals surface area (Å²) in [6.45, 7) is 12.7. The standard InChI is InChI=1S/C16H32N2O/c1-4-16(5-2)13-18(10-6-9-17-16)14(3)15-7-11-19-12-8-15/h14-15,17H,4-13H2,1-3H3. The van der Waals surface area contributed by atoms with E-state index < -0.39 is 0 Å². The van der Waals surface area contributed by atoms with E-state index in [-0.39, 0.29) is 0 Å². The lowest BCUT2D eigenvalue weighted by molar-refractivity contribution is 0.0249. The van der Waals surface area contributed by atoms with Crippen molar-refractivity contribution < 1.29 is 4.74 Å². The Morgan fingerprint density at radius 1 is 1.26 bits per heavy atom. The Balaban J connectivity index is 2.00. The second-order valence-electron chi connectivity index (χ2n) is 6.43. The van der Waals surface area contributed by atoms with E-state index in [0.717, 1.165) is 19.1 Å². The fourth-order valence-corrected chi connectivity index (χ4v) is 3.73. The second-order valence-corrected chi connectivity index (χ2v) is 6.43. The summed E-state index contributed by atoms with van der Waals surface area (Å²) >= 11 is 0. The van der Waals surface area contributed by atoms with Crippen molar-refractivity contribution in [2.75, 3.05) is 32.8 Å². The first-order chi connectivity index (χ1) is 9.21. The lowest BCUT2D eigenvalue weighted by Crippen LogP contribution is -2.53. The lowest BCUT2D eigenvalue weighted by Gasteiger charge is -2.41. The molecule has 1 atom stereocenters. The number of nitrogens with one attached hydrogen (secondary N) is 1. The number of nitrogens with zero attached hydrogens (tertiary/aromatic N) is 1. The van der Waals surface area contributed by atoms with Crippen molar-refractivity contribution >= 4 is 0 Å². The van der Waals surface area contributed by atoms with E-state index >= 15 is 0 Å². The van der Waals surface area contributed by atoms with Crippen LogP contribution in [0.25, 0.3) is 0 Å². The van der Waals surface area contributed by atoms with Gasteiger partial charge in [-0.3, -0.25) is 4.90 Å². The molecular weight excluding hydrogens is 236 g/mol. The largest absolute Gasteiger partial charge is 0.381 e. The zero-order valence-corrected chi connectivity index (χ0v) is 13.1. The molecule has 3 nitrogen and oxygen atoms in total. The van der Waals surface area contributed by atoms with Crippen LogP contribution in [-0.4, -0.2) is 49.3 Å². The van der Waals surface area contributed by atoms with Gasteiger partial charge in [0, 0.05) is 31.3 Å². The molecule has 0 aromatic heterocycles. The van der Waals surface area contributed by atoms with Crippen LogP contribution >= 0.6 is 0 Å². The van der Waals surface area contributed by atoms with Crippen molar-refractivity contribution in [1.82, 2.24) is 10.2 Å². The zero-order valence-electron chi connectivity index (χ0n) is 13.1. The molecule has 0 radical (unpaired) electrons. The van der Waals surface area contributed by atoms with Gasteiger partial charge in [0.15, 0.2) is 0 Å². The predicted octanol–water partition coefficient (Wildman–Crippen LogP) is 2.66. The van der Waals surface area contributed by atoms with Gasteiger partial charge in [-0.25, -0.2) is 0 Å². The molecule has 19 heavy (non-hydrogen) atoms. The quantitative estimate of drug-likeness (QED) is 0.848. The molecule has 0 saturated carbocycles. The first-order valence-corrected chi connectivity index (χ1v) is 8.27. The fourth-order valence-electron chi connectivity index (χ4n) is 3.73. The van der Waals surface area contributed by atoms with Crippen LogP contribution in [0.3, 0.4) is 0 Å². The van der Waals surface area contributed by atoms with Crippen LogP contribution in [0.2, 0.25) is 0 Å². The van der Waals surface area contributed by atoms with Crippen LogP contribution < -0.4 is 5.32 Å². The highest BCUT2D eigenvalue weighted by atomic mass is 16.5. The summed E-state index contributed by atoms with van der Waals surface area (Å²) in [4.78, 5) is 2.75. The van der Waals surface area contributed by atoms with Crippen LogP contribution in [0.4, 0.5) is 0 Å². The minimum Gasteiger partial charge on any atom is -0.381 e. The molecule has 2 heterocycles. The molecule has 1 unspecified atom stereocenters. The van der Waals surface area contributed by atoms with E-state index in [2.05, 4.69) is 31.0 Å². The Hall–Kier alpha value is -0.120. The summed E-state index contributed by atoms with van der Waals surface area (Å²) in [5.74, 6) is 0.832. The summed E-state index contributed by atoms with van der Waals surface area (Å²) in [5.41, 5.74) is 0.343. The average Bonchev–Trinajstić information content (AvgIpc) is 2.70. The fraction of sp³-hybridized carbons (Fsp3) is 1.00. The highest BCUT2D eigenvalue weighted by Gasteiger charge is 2.34. The summed E-state index contributed by atoms with van der Waals surface area (Å²) in [7, 11) is 0. The Kier molecular flexibility index (Phi) is 5.67. The number of ether oxygens (including phenoxy) is 1. The molecule has 0 amide bonds. The molecule has 3 heteroatoms. The summed E-state index contributed by atoms with van der Waals surface area (Å²) in [5, 5.41) is 3.82. The Morgan fingerprint density at radius 2 is 1.95 bits per heavy atom. The highest BCUT2D eigenvalue weighted by molar-refractivity contribution is 4.93. The van der Waals surface area contributed by atoms with Gasteiger partial charge < -0.3 is 10.1 Å². The third-order valence-electron chi connectivity index (χ3n) is 5.51. The molecule has 112 valence electrons. The van der Waals surface area contributed by atoms with E-state index in [0.29, 0.717) is 11.6 Å². The number of hydrogen-bond donors (Lipinski definition) is 1. The monoisotopic (exact) mass is 268 g/mol. The SMILES string of the molecule is CCC1(CC)CN(C(C)C2CCOCC2)CCCN1. The molecule has 2 rings (SSSR count). The van der Waals surface area contributed by atoms with Gasteiger partial charge >= 0.3 is 0 Å².